The lowest BCUT2D eigenvalue weighted by atomic mass is 10.2. The molecule has 0 aliphatic heterocycles. The highest BCUT2D eigenvalue weighted by Crippen LogP contribution is 2.20. The number of carbonyl (C=O) groups is 4. The van der Waals surface area contributed by atoms with E-state index in [1.54, 1.807) is 0 Å². The summed E-state index contributed by atoms with van der Waals surface area (Å²) in [4.78, 5) is 47.8. The average molecular weight is 498 g/mol. The van der Waals surface area contributed by atoms with Gasteiger partial charge in [-0.2, -0.15) is 0 Å². The van der Waals surface area contributed by atoms with E-state index in [1.165, 1.54) is 97.1 Å². The summed E-state index contributed by atoms with van der Waals surface area (Å²) in [6, 6.07) is 22.4. The average Bonchev–Trinajstić information content (AvgIpc) is 2.90. The summed E-state index contributed by atoms with van der Waals surface area (Å²) in [5, 5.41) is 18.2. The molecule has 0 saturated heterocycles. The summed E-state index contributed by atoms with van der Waals surface area (Å²) >= 11 is 0. The van der Waals surface area contributed by atoms with Crippen molar-refractivity contribution in [3.8, 4) is 23.0 Å². The van der Waals surface area contributed by atoms with Crippen molar-refractivity contribution in [1.29, 1.82) is 0 Å². The van der Waals surface area contributed by atoms with Crippen LogP contribution in [0.15, 0.2) is 97.1 Å². The number of hydrogen-bond donors (Lipinski definition) is 2. The first kappa shape index (κ1) is 24.7. The predicted octanol–water partition coefficient (Wildman–Crippen LogP) is 4.75. The fourth-order valence-corrected chi connectivity index (χ4v) is 3.08. The number of hydrogen-bond acceptors (Lipinski definition) is 8. The van der Waals surface area contributed by atoms with Gasteiger partial charge in [-0.05, 0) is 97.1 Å². The second-order valence-corrected chi connectivity index (χ2v) is 7.59. The smallest absolute Gasteiger partial charge is 0.343 e. The van der Waals surface area contributed by atoms with Gasteiger partial charge in [0.05, 0.1) is 22.3 Å². The lowest BCUT2D eigenvalue weighted by molar-refractivity contribution is 0.0692. The van der Waals surface area contributed by atoms with Crippen LogP contribution in [0.5, 0.6) is 23.0 Å². The number of aromatic hydroxyl groups is 1. The van der Waals surface area contributed by atoms with Crippen LogP contribution in [-0.4, -0.2) is 34.1 Å². The zero-order valence-electron chi connectivity index (χ0n) is 19.0. The molecule has 0 atom stereocenters. The summed E-state index contributed by atoms with van der Waals surface area (Å²) in [6.07, 6.45) is 0. The van der Waals surface area contributed by atoms with Crippen LogP contribution in [0.25, 0.3) is 0 Å². The van der Waals surface area contributed by atoms with E-state index < -0.39 is 23.9 Å². The molecule has 0 spiro atoms. The van der Waals surface area contributed by atoms with Crippen molar-refractivity contribution in [3.63, 3.8) is 0 Å². The number of benzene rings is 4. The number of carbonyl (C=O) groups excluding carboxylic acids is 3. The molecular weight excluding hydrogens is 480 g/mol. The molecule has 0 unspecified atom stereocenters. The van der Waals surface area contributed by atoms with Crippen LogP contribution in [-0.2, 0) is 0 Å². The van der Waals surface area contributed by atoms with E-state index in [-0.39, 0.29) is 45.3 Å². The number of carboxylic acids is 1. The number of ether oxygens (including phenoxy) is 3. The monoisotopic (exact) mass is 498 g/mol. The highest BCUT2D eigenvalue weighted by atomic mass is 16.5. The summed E-state index contributed by atoms with van der Waals surface area (Å²) < 4.78 is 15.8. The van der Waals surface area contributed by atoms with Crippen LogP contribution in [0.3, 0.4) is 0 Å². The van der Waals surface area contributed by atoms with Crippen LogP contribution in [0.2, 0.25) is 0 Å². The Morgan fingerprint density at radius 2 is 0.703 bits per heavy atom. The lowest BCUT2D eigenvalue weighted by Gasteiger charge is -2.08. The third kappa shape index (κ3) is 6.37. The first-order chi connectivity index (χ1) is 17.8. The van der Waals surface area contributed by atoms with Gasteiger partial charge in [0.25, 0.3) is 0 Å². The van der Waals surface area contributed by atoms with E-state index in [0.29, 0.717) is 0 Å². The first-order valence-corrected chi connectivity index (χ1v) is 10.8. The lowest BCUT2D eigenvalue weighted by Crippen LogP contribution is -2.11. The summed E-state index contributed by atoms with van der Waals surface area (Å²) in [5.74, 6) is -2.42. The Hall–Kier alpha value is -5.44. The van der Waals surface area contributed by atoms with Gasteiger partial charge in [-0.1, -0.05) is 0 Å². The molecule has 0 radical (unpaired) electrons. The molecule has 0 saturated carbocycles. The molecule has 2 N–H and O–H groups in total. The molecule has 0 fully saturated rings. The van der Waals surface area contributed by atoms with Crippen LogP contribution in [0, 0.1) is 0 Å². The molecule has 9 heteroatoms. The van der Waals surface area contributed by atoms with Gasteiger partial charge in [-0.3, -0.25) is 0 Å². The minimum Gasteiger partial charge on any atom is -0.508 e. The van der Waals surface area contributed by atoms with E-state index in [4.69, 9.17) is 19.3 Å². The Labute approximate surface area is 210 Å². The fourth-order valence-electron chi connectivity index (χ4n) is 3.08. The van der Waals surface area contributed by atoms with Gasteiger partial charge in [-0.15, -0.1) is 0 Å². The van der Waals surface area contributed by atoms with Crippen molar-refractivity contribution < 1.29 is 43.6 Å². The Morgan fingerprint density at radius 1 is 0.432 bits per heavy atom. The molecule has 0 amide bonds. The van der Waals surface area contributed by atoms with Gasteiger partial charge in [0.1, 0.15) is 23.0 Å². The van der Waals surface area contributed by atoms with Crippen molar-refractivity contribution in [3.05, 3.63) is 119 Å². The number of aromatic carboxylic acids is 1. The maximum Gasteiger partial charge on any atom is 0.343 e. The molecule has 4 rings (SSSR count). The van der Waals surface area contributed by atoms with Crippen LogP contribution in [0.1, 0.15) is 41.4 Å². The SMILES string of the molecule is O=C(O)c1ccc(OC(=O)c2ccc(OC(=O)c3ccc(OC(=O)c4ccc(O)cc4)cc3)cc2)cc1. The Kier molecular flexibility index (Phi) is 7.25. The van der Waals surface area contributed by atoms with Gasteiger partial charge in [0.15, 0.2) is 0 Å². The van der Waals surface area contributed by atoms with E-state index in [1.807, 2.05) is 0 Å². The number of rotatable bonds is 7. The molecule has 37 heavy (non-hydrogen) atoms. The maximum atomic E-state index is 12.4. The zero-order chi connectivity index (χ0) is 26.4. The standard InChI is InChI=1S/C28H18O9/c29-21-9-1-18(2-10-21)26(32)36-23-13-5-20(6-14-23)28(34)37-24-15-7-19(8-16-24)27(33)35-22-11-3-17(4-12-22)25(30)31/h1-16,29H,(H,30,31). The number of phenolic OH excluding ortho intramolecular Hbond substituents is 1. The van der Waals surface area contributed by atoms with Gasteiger partial charge in [0.2, 0.25) is 0 Å². The molecule has 0 heterocycles. The molecule has 0 aliphatic carbocycles. The van der Waals surface area contributed by atoms with Gasteiger partial charge in [0, 0.05) is 0 Å². The minimum absolute atomic E-state index is 0.0267. The molecule has 9 nitrogen and oxygen atoms in total. The van der Waals surface area contributed by atoms with E-state index in [0.717, 1.165) is 0 Å². The van der Waals surface area contributed by atoms with Crippen LogP contribution >= 0.6 is 0 Å². The van der Waals surface area contributed by atoms with E-state index in [2.05, 4.69) is 0 Å². The van der Waals surface area contributed by atoms with Crippen molar-refractivity contribution in [2.45, 2.75) is 0 Å². The van der Waals surface area contributed by atoms with Crippen molar-refractivity contribution in [2.75, 3.05) is 0 Å². The Bertz CT molecular complexity index is 1440. The Balaban J connectivity index is 1.32. The topological polar surface area (TPSA) is 136 Å². The largest absolute Gasteiger partial charge is 0.508 e. The number of carboxylic acid groups (broad SMARTS) is 1. The van der Waals surface area contributed by atoms with Crippen molar-refractivity contribution in [2.24, 2.45) is 0 Å². The highest BCUT2D eigenvalue weighted by Gasteiger charge is 2.14. The minimum atomic E-state index is -1.09. The van der Waals surface area contributed by atoms with Crippen LogP contribution < -0.4 is 14.2 Å². The summed E-state index contributed by atoms with van der Waals surface area (Å²) in [5.41, 5.74) is 0.722. The zero-order valence-corrected chi connectivity index (χ0v) is 19.0. The second kappa shape index (κ2) is 10.9. The summed E-state index contributed by atoms with van der Waals surface area (Å²) in [7, 11) is 0. The third-order valence-corrected chi connectivity index (χ3v) is 5.02. The van der Waals surface area contributed by atoms with Crippen molar-refractivity contribution >= 4 is 23.9 Å². The second-order valence-electron chi connectivity index (χ2n) is 7.59. The summed E-state index contributed by atoms with van der Waals surface area (Å²) in [6.45, 7) is 0. The molecule has 4 aromatic rings. The van der Waals surface area contributed by atoms with E-state index >= 15 is 0 Å². The van der Waals surface area contributed by atoms with Gasteiger partial charge in [-0.25, -0.2) is 19.2 Å². The third-order valence-electron chi connectivity index (χ3n) is 5.02. The molecule has 0 aliphatic rings. The Morgan fingerprint density at radius 3 is 1.00 bits per heavy atom. The molecule has 184 valence electrons. The fraction of sp³-hybridized carbons (Fsp3) is 0. The number of esters is 3. The van der Waals surface area contributed by atoms with Gasteiger partial charge >= 0.3 is 23.9 Å². The molecule has 0 bridgehead atoms. The highest BCUT2D eigenvalue weighted by molar-refractivity contribution is 5.94. The molecule has 0 aromatic heterocycles. The van der Waals surface area contributed by atoms with E-state index in [9.17, 15) is 24.3 Å². The van der Waals surface area contributed by atoms with Gasteiger partial charge < -0.3 is 24.4 Å². The number of phenols is 1. The normalized spacial score (nSPS) is 10.3. The molecule has 4 aromatic carbocycles. The quantitative estimate of drug-likeness (QED) is 0.273. The van der Waals surface area contributed by atoms with Crippen molar-refractivity contribution in [1.82, 2.24) is 0 Å². The first-order valence-electron chi connectivity index (χ1n) is 10.8. The molecular formula is C28H18O9. The maximum absolute atomic E-state index is 12.4. The predicted molar refractivity (Wildman–Crippen MR) is 129 cm³/mol. The van der Waals surface area contributed by atoms with Crippen LogP contribution in [0.4, 0.5) is 0 Å².